The van der Waals surface area contributed by atoms with Crippen LogP contribution in [0.15, 0.2) is 18.3 Å². The monoisotopic (exact) mass is 365 g/mol. The van der Waals surface area contributed by atoms with Crippen LogP contribution in [-0.4, -0.2) is 45.8 Å². The van der Waals surface area contributed by atoms with Crippen LogP contribution in [0.4, 0.5) is 10.6 Å². The Balaban J connectivity index is 1.72. The van der Waals surface area contributed by atoms with Crippen LogP contribution in [0.2, 0.25) is 0 Å². The van der Waals surface area contributed by atoms with Crippen molar-refractivity contribution in [2.24, 2.45) is 0 Å². The lowest BCUT2D eigenvalue weighted by atomic mass is 10.1. The number of thiocarbonyl (C=S) groups is 1. The van der Waals surface area contributed by atoms with Gasteiger partial charge in [-0.15, -0.1) is 0 Å². The molecule has 1 aliphatic heterocycles. The van der Waals surface area contributed by atoms with Gasteiger partial charge in [-0.3, -0.25) is 10.9 Å². The maximum atomic E-state index is 12.1. The van der Waals surface area contributed by atoms with Gasteiger partial charge in [0.25, 0.3) is 0 Å². The number of rotatable bonds is 3. The molecule has 0 atom stereocenters. The van der Waals surface area contributed by atoms with Crippen molar-refractivity contribution in [2.45, 2.75) is 52.2 Å². The molecule has 1 saturated heterocycles. The standard InChI is InChI=1S/C17H27N5O2S/c1-12-6-5-9-18-14(12)20-21-15(25)19-13-7-10-22(11-8-13)16(23)24-17(2,3)4/h5-6,9,13H,7-8,10-11H2,1-4H3,(H,18,20)(H2,19,21,25). The van der Waals surface area contributed by atoms with Gasteiger partial charge in [-0.05, 0) is 64.4 Å². The molecule has 0 saturated carbocycles. The third-order valence-electron chi connectivity index (χ3n) is 3.79. The SMILES string of the molecule is Cc1cccnc1NNC(=S)NC1CCN(C(=O)OC(C)(C)C)CC1. The summed E-state index contributed by atoms with van der Waals surface area (Å²) in [7, 11) is 0. The molecule has 1 fully saturated rings. The Hall–Kier alpha value is -2.09. The summed E-state index contributed by atoms with van der Waals surface area (Å²) in [4.78, 5) is 18.0. The number of pyridine rings is 1. The van der Waals surface area contributed by atoms with Gasteiger partial charge in [0, 0.05) is 25.3 Å². The number of carbonyl (C=O) groups excluding carboxylic acids is 1. The summed E-state index contributed by atoms with van der Waals surface area (Å²) in [6.45, 7) is 8.91. The van der Waals surface area contributed by atoms with E-state index in [2.05, 4.69) is 21.2 Å². The number of amides is 1. The summed E-state index contributed by atoms with van der Waals surface area (Å²) in [5, 5.41) is 3.78. The second kappa shape index (κ2) is 8.33. The number of anilines is 1. The van der Waals surface area contributed by atoms with E-state index in [-0.39, 0.29) is 12.1 Å². The Labute approximate surface area is 154 Å². The fraction of sp³-hybridized carbons (Fsp3) is 0.588. The van der Waals surface area contributed by atoms with Crippen molar-refractivity contribution in [3.05, 3.63) is 23.9 Å². The maximum absolute atomic E-state index is 12.1. The second-order valence-corrected chi connectivity index (χ2v) is 7.54. The van der Waals surface area contributed by atoms with E-state index in [4.69, 9.17) is 17.0 Å². The number of hydrazine groups is 1. The first-order valence-corrected chi connectivity index (χ1v) is 8.87. The third-order valence-corrected chi connectivity index (χ3v) is 4.01. The smallest absolute Gasteiger partial charge is 0.410 e. The zero-order valence-corrected chi connectivity index (χ0v) is 16.1. The number of likely N-dealkylation sites (tertiary alicyclic amines) is 1. The van der Waals surface area contributed by atoms with Crippen LogP contribution >= 0.6 is 12.2 Å². The Morgan fingerprint density at radius 1 is 1.36 bits per heavy atom. The van der Waals surface area contributed by atoms with Gasteiger partial charge in [-0.1, -0.05) is 6.07 Å². The van der Waals surface area contributed by atoms with Crippen LogP contribution in [0.25, 0.3) is 0 Å². The number of hydrogen-bond acceptors (Lipinski definition) is 5. The first-order valence-electron chi connectivity index (χ1n) is 8.46. The Kier molecular flexibility index (Phi) is 6.41. The molecule has 0 aliphatic carbocycles. The number of carbonyl (C=O) groups is 1. The minimum absolute atomic E-state index is 0.227. The van der Waals surface area contributed by atoms with Gasteiger partial charge in [-0.2, -0.15) is 0 Å². The molecule has 3 N–H and O–H groups in total. The molecule has 1 amide bonds. The minimum Gasteiger partial charge on any atom is -0.444 e. The molecule has 2 rings (SSSR count). The van der Waals surface area contributed by atoms with E-state index in [1.165, 1.54) is 0 Å². The molecule has 0 spiro atoms. The highest BCUT2D eigenvalue weighted by Crippen LogP contribution is 2.15. The predicted octanol–water partition coefficient (Wildman–Crippen LogP) is 2.58. The minimum atomic E-state index is -0.465. The topological polar surface area (TPSA) is 78.5 Å². The summed E-state index contributed by atoms with van der Waals surface area (Å²) in [5.74, 6) is 0.742. The van der Waals surface area contributed by atoms with E-state index in [1.807, 2.05) is 39.8 Å². The number of nitrogens with zero attached hydrogens (tertiary/aromatic N) is 2. The van der Waals surface area contributed by atoms with Crippen LogP contribution in [0.5, 0.6) is 0 Å². The van der Waals surface area contributed by atoms with Crippen molar-refractivity contribution < 1.29 is 9.53 Å². The largest absolute Gasteiger partial charge is 0.444 e. The van der Waals surface area contributed by atoms with Crippen LogP contribution in [0.3, 0.4) is 0 Å². The highest BCUT2D eigenvalue weighted by Gasteiger charge is 2.27. The van der Waals surface area contributed by atoms with Crippen LogP contribution < -0.4 is 16.2 Å². The van der Waals surface area contributed by atoms with E-state index in [9.17, 15) is 4.79 Å². The highest BCUT2D eigenvalue weighted by atomic mass is 32.1. The molecular formula is C17H27N5O2S. The van der Waals surface area contributed by atoms with Gasteiger partial charge in [0.15, 0.2) is 5.11 Å². The highest BCUT2D eigenvalue weighted by molar-refractivity contribution is 7.80. The average Bonchev–Trinajstić information content (AvgIpc) is 2.53. The van der Waals surface area contributed by atoms with Gasteiger partial charge in [0.05, 0.1) is 0 Å². The van der Waals surface area contributed by atoms with Crippen molar-refractivity contribution >= 4 is 29.2 Å². The zero-order chi connectivity index (χ0) is 18.4. The van der Waals surface area contributed by atoms with Crippen molar-refractivity contribution in [1.29, 1.82) is 0 Å². The summed E-state index contributed by atoms with van der Waals surface area (Å²) in [6.07, 6.45) is 3.12. The van der Waals surface area contributed by atoms with Crippen molar-refractivity contribution in [1.82, 2.24) is 20.6 Å². The number of ether oxygens (including phenoxy) is 1. The molecular weight excluding hydrogens is 338 g/mol. The quantitative estimate of drug-likeness (QED) is 0.561. The van der Waals surface area contributed by atoms with Crippen molar-refractivity contribution in [2.75, 3.05) is 18.5 Å². The molecule has 8 heteroatoms. The van der Waals surface area contributed by atoms with Gasteiger partial charge < -0.3 is 15.0 Å². The number of piperidine rings is 1. The first-order chi connectivity index (χ1) is 11.7. The fourth-order valence-electron chi connectivity index (χ4n) is 2.49. The molecule has 0 aromatic carbocycles. The van der Waals surface area contributed by atoms with E-state index >= 15 is 0 Å². The van der Waals surface area contributed by atoms with E-state index < -0.39 is 5.60 Å². The van der Waals surface area contributed by atoms with Crippen molar-refractivity contribution in [3.63, 3.8) is 0 Å². The molecule has 0 bridgehead atoms. The van der Waals surface area contributed by atoms with Crippen molar-refractivity contribution in [3.8, 4) is 0 Å². The summed E-state index contributed by atoms with van der Waals surface area (Å²) in [5.41, 5.74) is 6.53. The number of hydrogen-bond donors (Lipinski definition) is 3. The molecule has 2 heterocycles. The second-order valence-electron chi connectivity index (χ2n) is 7.13. The van der Waals surface area contributed by atoms with Gasteiger partial charge >= 0.3 is 6.09 Å². The molecule has 1 aromatic heterocycles. The Morgan fingerprint density at radius 2 is 2.04 bits per heavy atom. The molecule has 138 valence electrons. The number of nitrogens with one attached hydrogen (secondary N) is 3. The molecule has 7 nitrogen and oxygen atoms in total. The normalized spacial score (nSPS) is 15.4. The van der Waals surface area contributed by atoms with Crippen LogP contribution in [0, 0.1) is 6.92 Å². The molecule has 0 unspecified atom stereocenters. The summed E-state index contributed by atoms with van der Waals surface area (Å²) < 4.78 is 5.40. The van der Waals surface area contributed by atoms with Gasteiger partial charge in [0.2, 0.25) is 0 Å². The maximum Gasteiger partial charge on any atom is 0.410 e. The molecule has 1 aromatic rings. The fourth-order valence-corrected chi connectivity index (χ4v) is 2.70. The lowest BCUT2D eigenvalue weighted by Gasteiger charge is -2.34. The summed E-state index contributed by atoms with van der Waals surface area (Å²) in [6, 6.07) is 4.08. The van der Waals surface area contributed by atoms with Gasteiger partial charge in [0.1, 0.15) is 11.4 Å². The number of aromatic nitrogens is 1. The van der Waals surface area contributed by atoms with Crippen LogP contribution in [0.1, 0.15) is 39.2 Å². The molecule has 0 radical (unpaired) electrons. The lowest BCUT2D eigenvalue weighted by Crippen LogP contribution is -2.50. The molecule has 1 aliphatic rings. The third kappa shape index (κ3) is 6.38. The van der Waals surface area contributed by atoms with E-state index in [0.717, 1.165) is 24.2 Å². The lowest BCUT2D eigenvalue weighted by molar-refractivity contribution is 0.0203. The Bertz CT molecular complexity index is 609. The molecule has 25 heavy (non-hydrogen) atoms. The first kappa shape index (κ1) is 19.2. The van der Waals surface area contributed by atoms with E-state index in [0.29, 0.717) is 18.2 Å². The Morgan fingerprint density at radius 3 is 2.64 bits per heavy atom. The van der Waals surface area contributed by atoms with Gasteiger partial charge in [-0.25, -0.2) is 9.78 Å². The van der Waals surface area contributed by atoms with E-state index in [1.54, 1.807) is 11.1 Å². The predicted molar refractivity (Wildman–Crippen MR) is 102 cm³/mol. The summed E-state index contributed by atoms with van der Waals surface area (Å²) >= 11 is 5.31. The average molecular weight is 366 g/mol. The van der Waals surface area contributed by atoms with Crippen LogP contribution in [-0.2, 0) is 4.74 Å². The number of aryl methyl sites for hydroxylation is 1. The zero-order valence-electron chi connectivity index (χ0n) is 15.3.